The molecule has 2 aliphatic rings. The number of carbonyl (C=O) groups is 3. The Morgan fingerprint density at radius 3 is 2.16 bits per heavy atom. The summed E-state index contributed by atoms with van der Waals surface area (Å²) >= 11 is 0. The summed E-state index contributed by atoms with van der Waals surface area (Å²) in [6, 6.07) is 15.7. The molecule has 0 aromatic heterocycles. The minimum Gasteiger partial charge on any atom is -0.462 e. The quantitative estimate of drug-likeness (QED) is 0.497. The van der Waals surface area contributed by atoms with Crippen molar-refractivity contribution in [1.29, 1.82) is 0 Å². The first kappa shape index (κ1) is 15.5. The van der Waals surface area contributed by atoms with E-state index in [-0.39, 0.29) is 12.5 Å². The summed E-state index contributed by atoms with van der Waals surface area (Å²) < 4.78 is 5.24. The van der Waals surface area contributed by atoms with Crippen LogP contribution in [0.15, 0.2) is 48.5 Å². The van der Waals surface area contributed by atoms with Crippen LogP contribution >= 0.6 is 0 Å². The molecule has 4 rings (SSSR count). The van der Waals surface area contributed by atoms with Crippen LogP contribution in [0.1, 0.15) is 23.5 Å². The van der Waals surface area contributed by atoms with Crippen LogP contribution in [-0.4, -0.2) is 35.1 Å². The highest BCUT2D eigenvalue weighted by molar-refractivity contribution is 6.18. The minimum atomic E-state index is -2.44. The van der Waals surface area contributed by atoms with E-state index < -0.39 is 29.8 Å². The molecule has 6 nitrogen and oxygen atoms in total. The van der Waals surface area contributed by atoms with Gasteiger partial charge < -0.3 is 9.84 Å². The van der Waals surface area contributed by atoms with Crippen molar-refractivity contribution in [3.05, 3.63) is 59.7 Å². The summed E-state index contributed by atoms with van der Waals surface area (Å²) in [5.74, 6) is -3.01. The number of nitrogens with one attached hydrogen (secondary N) is 1. The molecule has 1 fully saturated rings. The topological polar surface area (TPSA) is 92.7 Å². The second-order valence-corrected chi connectivity index (χ2v) is 6.24. The number of aliphatic hydroxyl groups is 1. The van der Waals surface area contributed by atoms with Crippen molar-refractivity contribution < 1.29 is 24.2 Å². The zero-order valence-electron chi connectivity index (χ0n) is 13.2. The molecule has 0 saturated carbocycles. The average molecular weight is 337 g/mol. The van der Waals surface area contributed by atoms with Crippen molar-refractivity contribution in [2.45, 2.75) is 17.9 Å². The molecule has 2 aromatic carbocycles. The number of hydrogen-bond acceptors (Lipinski definition) is 5. The predicted octanol–water partition coefficient (Wildman–Crippen LogP) is 1.12. The van der Waals surface area contributed by atoms with E-state index in [2.05, 4.69) is 0 Å². The molecule has 2 amide bonds. The minimum absolute atomic E-state index is 0.0172. The van der Waals surface area contributed by atoms with E-state index in [9.17, 15) is 19.5 Å². The van der Waals surface area contributed by atoms with E-state index >= 15 is 0 Å². The molecule has 1 heterocycles. The standard InChI is InChI=1S/C19H15NO5/c21-16-9-19(24,17(22)20-16)18(23)25-10-15-13-7-3-1-5-11(13)12-6-2-4-8-14(12)15/h1-8,15,24H,9-10H2,(H,20,21,22). The van der Waals surface area contributed by atoms with Crippen molar-refractivity contribution in [2.24, 2.45) is 0 Å². The molecule has 6 heteroatoms. The molecule has 0 radical (unpaired) electrons. The van der Waals surface area contributed by atoms with Crippen molar-refractivity contribution in [2.75, 3.05) is 6.61 Å². The number of esters is 1. The molecule has 1 aliphatic heterocycles. The Balaban J connectivity index is 1.59. The third-order valence-corrected chi connectivity index (χ3v) is 4.73. The molecule has 2 N–H and O–H groups in total. The molecule has 1 atom stereocenters. The van der Waals surface area contributed by atoms with Gasteiger partial charge in [0.05, 0.1) is 6.42 Å². The first-order chi connectivity index (χ1) is 12.0. The number of hydrogen-bond donors (Lipinski definition) is 2. The highest BCUT2D eigenvalue weighted by Crippen LogP contribution is 2.44. The Bertz CT molecular complexity index is 861. The monoisotopic (exact) mass is 337 g/mol. The van der Waals surface area contributed by atoms with Gasteiger partial charge in [-0.1, -0.05) is 48.5 Å². The van der Waals surface area contributed by atoms with Crippen LogP contribution in [0.3, 0.4) is 0 Å². The van der Waals surface area contributed by atoms with Crippen molar-refractivity contribution in [1.82, 2.24) is 5.32 Å². The van der Waals surface area contributed by atoms with Gasteiger partial charge in [-0.2, -0.15) is 0 Å². The summed E-state index contributed by atoms with van der Waals surface area (Å²) in [7, 11) is 0. The van der Waals surface area contributed by atoms with Crippen molar-refractivity contribution in [3.63, 3.8) is 0 Å². The Hall–Kier alpha value is -2.99. The lowest BCUT2D eigenvalue weighted by atomic mass is 9.97. The van der Waals surface area contributed by atoms with Crippen LogP contribution in [-0.2, 0) is 19.1 Å². The first-order valence-corrected chi connectivity index (χ1v) is 7.93. The maximum Gasteiger partial charge on any atom is 0.348 e. The van der Waals surface area contributed by atoms with Crippen LogP contribution in [0.2, 0.25) is 0 Å². The van der Waals surface area contributed by atoms with Gasteiger partial charge in [0.1, 0.15) is 6.61 Å². The largest absolute Gasteiger partial charge is 0.462 e. The van der Waals surface area contributed by atoms with Crippen LogP contribution in [0, 0.1) is 0 Å². The first-order valence-electron chi connectivity index (χ1n) is 7.93. The lowest BCUT2D eigenvalue weighted by Crippen LogP contribution is -2.47. The van der Waals surface area contributed by atoms with Gasteiger partial charge in [0.25, 0.3) is 5.91 Å². The number of benzene rings is 2. The second-order valence-electron chi connectivity index (χ2n) is 6.24. The van der Waals surface area contributed by atoms with Crippen molar-refractivity contribution >= 4 is 17.8 Å². The SMILES string of the molecule is O=C1CC(O)(C(=O)OCC2c3ccccc3-c3ccccc32)C(=O)N1. The Morgan fingerprint density at radius 1 is 1.08 bits per heavy atom. The number of fused-ring (bicyclic) bond motifs is 3. The zero-order chi connectivity index (χ0) is 17.6. The number of ether oxygens (including phenoxy) is 1. The molecule has 0 bridgehead atoms. The third kappa shape index (κ3) is 2.34. The highest BCUT2D eigenvalue weighted by atomic mass is 16.6. The van der Waals surface area contributed by atoms with Gasteiger partial charge in [-0.25, -0.2) is 4.79 Å². The van der Waals surface area contributed by atoms with Crippen LogP contribution in [0.25, 0.3) is 11.1 Å². The summed E-state index contributed by atoms with van der Waals surface area (Å²) in [4.78, 5) is 35.1. The van der Waals surface area contributed by atoms with Gasteiger partial charge >= 0.3 is 5.97 Å². The van der Waals surface area contributed by atoms with Gasteiger partial charge in [-0.3, -0.25) is 14.9 Å². The maximum atomic E-state index is 12.2. The molecule has 25 heavy (non-hydrogen) atoms. The lowest BCUT2D eigenvalue weighted by molar-refractivity contribution is -0.169. The summed E-state index contributed by atoms with van der Waals surface area (Å²) in [5.41, 5.74) is 1.76. The van der Waals surface area contributed by atoms with E-state index in [4.69, 9.17) is 4.74 Å². The van der Waals surface area contributed by atoms with E-state index in [0.717, 1.165) is 22.3 Å². The molecule has 1 unspecified atom stereocenters. The maximum absolute atomic E-state index is 12.2. The second kappa shape index (κ2) is 5.53. The molecular formula is C19H15NO5. The molecular weight excluding hydrogens is 322 g/mol. The summed E-state index contributed by atoms with van der Waals surface area (Å²) in [6.45, 7) is -0.0172. The zero-order valence-corrected chi connectivity index (χ0v) is 13.2. The summed E-state index contributed by atoms with van der Waals surface area (Å²) in [5, 5.41) is 12.1. The summed E-state index contributed by atoms with van der Waals surface area (Å²) in [6.07, 6.45) is -0.609. The van der Waals surface area contributed by atoms with E-state index in [1.165, 1.54) is 0 Å². The van der Waals surface area contributed by atoms with Gasteiger partial charge in [0, 0.05) is 5.92 Å². The average Bonchev–Trinajstić information content (AvgIpc) is 3.07. The smallest absolute Gasteiger partial charge is 0.348 e. The number of imide groups is 1. The Morgan fingerprint density at radius 2 is 1.64 bits per heavy atom. The van der Waals surface area contributed by atoms with E-state index in [0.29, 0.717) is 0 Å². The molecule has 1 aliphatic carbocycles. The van der Waals surface area contributed by atoms with Crippen LogP contribution < -0.4 is 5.32 Å². The van der Waals surface area contributed by atoms with Crippen molar-refractivity contribution in [3.8, 4) is 11.1 Å². The molecule has 126 valence electrons. The van der Waals surface area contributed by atoms with Crippen LogP contribution in [0.4, 0.5) is 0 Å². The third-order valence-electron chi connectivity index (χ3n) is 4.73. The molecule has 1 saturated heterocycles. The van der Waals surface area contributed by atoms with E-state index in [1.54, 1.807) is 0 Å². The fourth-order valence-corrected chi connectivity index (χ4v) is 3.47. The van der Waals surface area contributed by atoms with E-state index in [1.807, 2.05) is 53.8 Å². The van der Waals surface area contributed by atoms with Gasteiger partial charge in [0.2, 0.25) is 11.5 Å². The number of rotatable bonds is 3. The lowest BCUT2D eigenvalue weighted by Gasteiger charge is -2.19. The Kier molecular flexibility index (Phi) is 3.43. The fourth-order valence-electron chi connectivity index (χ4n) is 3.47. The molecule has 2 aromatic rings. The van der Waals surface area contributed by atoms with Crippen LogP contribution in [0.5, 0.6) is 0 Å². The molecule has 0 spiro atoms. The number of amides is 2. The Labute approximate surface area is 143 Å². The van der Waals surface area contributed by atoms with Gasteiger partial charge in [0.15, 0.2) is 0 Å². The highest BCUT2D eigenvalue weighted by Gasteiger charge is 2.53. The van der Waals surface area contributed by atoms with Gasteiger partial charge in [-0.15, -0.1) is 0 Å². The fraction of sp³-hybridized carbons (Fsp3) is 0.211. The van der Waals surface area contributed by atoms with Gasteiger partial charge in [-0.05, 0) is 22.3 Å². The predicted molar refractivity (Wildman–Crippen MR) is 87.4 cm³/mol. The number of carbonyl (C=O) groups excluding carboxylic acids is 3. The normalized spacial score (nSPS) is 21.6.